The van der Waals surface area contributed by atoms with Crippen LogP contribution in [0.3, 0.4) is 0 Å². The number of ether oxygens (including phenoxy) is 1. The maximum absolute atomic E-state index is 6.43. The van der Waals surface area contributed by atoms with E-state index in [0.717, 1.165) is 70.1 Å². The van der Waals surface area contributed by atoms with Crippen molar-refractivity contribution < 1.29 is 25.8 Å². The minimum atomic E-state index is 0. The summed E-state index contributed by atoms with van der Waals surface area (Å²) in [7, 11) is 0. The first kappa shape index (κ1) is 35.4. The number of rotatable bonds is 11. The molecule has 3 aromatic heterocycles. The number of aromatic nitrogens is 4. The van der Waals surface area contributed by atoms with Gasteiger partial charge in [0.1, 0.15) is 5.82 Å². The van der Waals surface area contributed by atoms with Crippen LogP contribution in [-0.4, -0.2) is 19.3 Å². The summed E-state index contributed by atoms with van der Waals surface area (Å²) >= 11 is 0. The molecule has 7 rings (SSSR count). The molecular weight excluding hydrogens is 796 g/mol. The average Bonchev–Trinajstić information content (AvgIpc) is 3.68. The molecule has 5 nitrogen and oxygen atoms in total. The maximum Gasteiger partial charge on any atom is 2.00 e. The first-order chi connectivity index (χ1) is 23.8. The van der Waals surface area contributed by atoms with Gasteiger partial charge in [-0.25, -0.2) is 4.98 Å². The third-order valence-electron chi connectivity index (χ3n) is 8.93. The molecule has 0 spiro atoms. The molecule has 0 aliphatic carbocycles. The molecule has 7 aromatic rings. The molecule has 0 saturated carbocycles. The van der Waals surface area contributed by atoms with E-state index >= 15 is 0 Å². The Balaban J connectivity index is 0.00000432. The summed E-state index contributed by atoms with van der Waals surface area (Å²) in [6.07, 6.45) is 10.3. The third kappa shape index (κ3) is 7.35. The maximum atomic E-state index is 6.43. The zero-order chi connectivity index (χ0) is 34.1. The molecule has 0 saturated heterocycles. The topological polar surface area (TPSA) is 44.9 Å². The van der Waals surface area contributed by atoms with Crippen LogP contribution in [0.4, 0.5) is 0 Å². The van der Waals surface area contributed by atoms with E-state index < -0.39 is 0 Å². The van der Waals surface area contributed by atoms with Crippen molar-refractivity contribution in [3.05, 3.63) is 132 Å². The van der Waals surface area contributed by atoms with Gasteiger partial charge in [-0.15, -0.1) is 35.7 Å². The molecule has 0 radical (unpaired) electrons. The van der Waals surface area contributed by atoms with Crippen molar-refractivity contribution in [2.24, 2.45) is 11.8 Å². The van der Waals surface area contributed by atoms with Gasteiger partial charge < -0.3 is 9.30 Å². The SMILES string of the molecule is CCCc1cc(CC(C)C)c(-c2cnn(-c3[c-]c(Oc4[c-]c5c(cc4)c4ccccc4n5-c4cc(C)ccn4)ccc3)c2)c(CC(C)C)c1.[Pt+2]. The summed E-state index contributed by atoms with van der Waals surface area (Å²) in [6.45, 7) is 13.6. The van der Waals surface area contributed by atoms with E-state index in [1.54, 1.807) is 0 Å². The van der Waals surface area contributed by atoms with E-state index in [0.29, 0.717) is 23.3 Å². The van der Waals surface area contributed by atoms with Crippen LogP contribution in [0.5, 0.6) is 11.5 Å². The molecule has 0 atom stereocenters. The normalized spacial score (nSPS) is 11.5. The van der Waals surface area contributed by atoms with Crippen LogP contribution in [0, 0.1) is 30.9 Å². The molecule has 0 N–H and O–H groups in total. The Hall–Kier alpha value is -4.47. The number of nitrogens with zero attached hydrogens (tertiary/aromatic N) is 4. The van der Waals surface area contributed by atoms with Crippen LogP contribution in [-0.2, 0) is 40.3 Å². The molecule has 4 aromatic carbocycles. The summed E-state index contributed by atoms with van der Waals surface area (Å²) in [4.78, 5) is 4.70. The predicted molar refractivity (Wildman–Crippen MR) is 201 cm³/mol. The van der Waals surface area contributed by atoms with Gasteiger partial charge >= 0.3 is 21.1 Å². The Kier molecular flexibility index (Phi) is 10.7. The Morgan fingerprint density at radius 1 is 0.800 bits per heavy atom. The van der Waals surface area contributed by atoms with Gasteiger partial charge in [0, 0.05) is 35.0 Å². The van der Waals surface area contributed by atoms with Crippen LogP contribution >= 0.6 is 0 Å². The number of hydrogen-bond acceptors (Lipinski definition) is 3. The fourth-order valence-electron chi connectivity index (χ4n) is 6.99. The van der Waals surface area contributed by atoms with Crippen molar-refractivity contribution in [2.75, 3.05) is 0 Å². The molecule has 0 fully saturated rings. The molecule has 0 aliphatic rings. The van der Waals surface area contributed by atoms with Crippen LogP contribution in [0.2, 0.25) is 0 Å². The van der Waals surface area contributed by atoms with Crippen LogP contribution in [0.25, 0.3) is 44.4 Å². The van der Waals surface area contributed by atoms with Crippen molar-refractivity contribution in [2.45, 2.75) is 67.2 Å². The number of fused-ring (bicyclic) bond motifs is 3. The zero-order valence-electron chi connectivity index (χ0n) is 29.7. The molecule has 50 heavy (non-hydrogen) atoms. The number of hydrogen-bond donors (Lipinski definition) is 0. The first-order valence-corrected chi connectivity index (χ1v) is 17.6. The first-order valence-electron chi connectivity index (χ1n) is 17.6. The smallest absolute Gasteiger partial charge is 0.509 e. The average molecular weight is 840 g/mol. The van der Waals surface area contributed by atoms with Crippen molar-refractivity contribution in [1.82, 2.24) is 19.3 Å². The van der Waals surface area contributed by atoms with Gasteiger partial charge in [0.25, 0.3) is 0 Å². The molecule has 6 heteroatoms. The second kappa shape index (κ2) is 15.2. The van der Waals surface area contributed by atoms with Crippen molar-refractivity contribution >= 4 is 21.8 Å². The number of benzene rings is 4. The Labute approximate surface area is 310 Å². The molecule has 0 aliphatic heterocycles. The second-order valence-corrected chi connectivity index (χ2v) is 14.0. The van der Waals surface area contributed by atoms with Crippen molar-refractivity contribution in [1.29, 1.82) is 0 Å². The largest absolute Gasteiger partial charge is 2.00 e. The number of aryl methyl sites for hydroxylation is 2. The van der Waals surface area contributed by atoms with Crippen LogP contribution < -0.4 is 4.74 Å². The summed E-state index contributed by atoms with van der Waals surface area (Å²) in [5.74, 6) is 3.19. The standard InChI is InChI=1S/C44H44N4O.Pt/c1-7-11-32-23-33(20-29(2)3)44(34(24-32)21-30(4)5)35-27-46-47(28-35)36-12-10-13-37(25-36)49-38-16-17-40-39-14-8-9-15-41(39)48(42(40)26-38)43-22-31(6)18-19-45-43;/h8-10,12-19,22-24,27-30H,7,11,20-21H2,1-6H3;/q-2;+2. The molecule has 0 unspecified atom stereocenters. The van der Waals surface area contributed by atoms with Gasteiger partial charge in [-0.2, -0.15) is 17.2 Å². The predicted octanol–water partition coefficient (Wildman–Crippen LogP) is 11.1. The monoisotopic (exact) mass is 839 g/mol. The van der Waals surface area contributed by atoms with E-state index in [4.69, 9.17) is 14.8 Å². The van der Waals surface area contributed by atoms with Crippen molar-refractivity contribution in [3.63, 3.8) is 0 Å². The van der Waals surface area contributed by atoms with E-state index in [1.807, 2.05) is 47.4 Å². The van der Waals surface area contributed by atoms with Gasteiger partial charge in [0.2, 0.25) is 0 Å². The van der Waals surface area contributed by atoms with Crippen LogP contribution in [0.1, 0.15) is 63.3 Å². The minimum Gasteiger partial charge on any atom is -0.509 e. The molecule has 0 amide bonds. The third-order valence-corrected chi connectivity index (χ3v) is 8.93. The van der Waals surface area contributed by atoms with Gasteiger partial charge in [0.15, 0.2) is 0 Å². The van der Waals surface area contributed by atoms with Crippen molar-refractivity contribution in [3.8, 4) is 34.1 Å². The van der Waals surface area contributed by atoms with Gasteiger partial charge in [-0.1, -0.05) is 76.9 Å². The van der Waals surface area contributed by atoms with E-state index in [-0.39, 0.29) is 21.1 Å². The van der Waals surface area contributed by atoms with Gasteiger partial charge in [0.05, 0.1) is 6.20 Å². The summed E-state index contributed by atoms with van der Waals surface area (Å²) < 4.78 is 10.5. The molecule has 3 heterocycles. The van der Waals surface area contributed by atoms with Crippen LogP contribution in [0.15, 0.2) is 97.5 Å². The number of pyridine rings is 1. The molecular formula is C44H44N4OPt. The second-order valence-electron chi connectivity index (χ2n) is 14.0. The summed E-state index contributed by atoms with van der Waals surface area (Å²) in [5.41, 5.74) is 10.7. The van der Waals surface area contributed by atoms with E-state index in [1.165, 1.54) is 22.3 Å². The van der Waals surface area contributed by atoms with E-state index in [9.17, 15) is 0 Å². The van der Waals surface area contributed by atoms with E-state index in [2.05, 4.69) is 113 Å². The van der Waals surface area contributed by atoms with Gasteiger partial charge in [-0.3, -0.25) is 4.68 Å². The fourth-order valence-corrected chi connectivity index (χ4v) is 6.99. The minimum absolute atomic E-state index is 0. The number of para-hydroxylation sites is 1. The summed E-state index contributed by atoms with van der Waals surface area (Å²) in [6, 6.07) is 34.4. The Bertz CT molecular complexity index is 2230. The Morgan fingerprint density at radius 2 is 1.54 bits per heavy atom. The Morgan fingerprint density at radius 3 is 2.26 bits per heavy atom. The quantitative estimate of drug-likeness (QED) is 0.122. The summed E-state index contributed by atoms with van der Waals surface area (Å²) in [5, 5.41) is 7.09. The molecule has 0 bridgehead atoms. The molecule has 256 valence electrons. The fraction of sp³-hybridized carbons (Fsp3) is 0.273. The zero-order valence-corrected chi connectivity index (χ0v) is 32.0. The van der Waals surface area contributed by atoms with Gasteiger partial charge in [-0.05, 0) is 95.1 Å².